The number of carbonyl (C=O) groups excluding carboxylic acids is 1. The van der Waals surface area contributed by atoms with Gasteiger partial charge in [0.25, 0.3) is 0 Å². The van der Waals surface area contributed by atoms with Crippen LogP contribution in [0.3, 0.4) is 0 Å². The molecule has 19 heavy (non-hydrogen) atoms. The first kappa shape index (κ1) is 22.1. The fraction of sp³-hybridized carbons (Fsp3) is 0.286. The first-order valence-electron chi connectivity index (χ1n) is 5.49. The summed E-state index contributed by atoms with van der Waals surface area (Å²) in [6.07, 6.45) is 4.91. The molecule has 0 aliphatic rings. The maximum atomic E-state index is 10.1. The molecule has 1 amide bonds. The number of hydrogen-bond donors (Lipinski definition) is 2. The van der Waals surface area contributed by atoms with E-state index in [2.05, 4.69) is 26.3 Å². The summed E-state index contributed by atoms with van der Waals surface area (Å²) in [4.78, 5) is 19.3. The summed E-state index contributed by atoms with van der Waals surface area (Å²) in [5, 5.41) is 7.60. The minimum atomic E-state index is -0.981. The van der Waals surface area contributed by atoms with Crippen molar-refractivity contribution in [3.63, 3.8) is 0 Å². The first-order chi connectivity index (χ1) is 8.87. The summed E-state index contributed by atoms with van der Waals surface area (Å²) in [5.41, 5.74) is 5.29. The third kappa shape index (κ3) is 31.3. The highest BCUT2D eigenvalue weighted by molar-refractivity contribution is 5.91. The van der Waals surface area contributed by atoms with Gasteiger partial charge in [0.1, 0.15) is 0 Å². The highest BCUT2D eigenvalue weighted by atomic mass is 16.5. The Morgan fingerprint density at radius 3 is 1.68 bits per heavy atom. The second kappa shape index (κ2) is 18.2. The van der Waals surface area contributed by atoms with Gasteiger partial charge >= 0.3 is 5.97 Å². The Balaban J connectivity index is -0.000000206. The molecule has 0 radical (unpaired) electrons. The van der Waals surface area contributed by atoms with Gasteiger partial charge in [-0.3, -0.25) is 4.79 Å². The van der Waals surface area contributed by atoms with Crippen LogP contribution in [0.4, 0.5) is 0 Å². The van der Waals surface area contributed by atoms with Crippen molar-refractivity contribution in [3.8, 4) is 0 Å². The Hall–Kier alpha value is -2.14. The summed E-state index contributed by atoms with van der Waals surface area (Å²) in [5.74, 6) is -1.38. The van der Waals surface area contributed by atoms with E-state index in [1.54, 1.807) is 12.2 Å². The molecular weight excluding hydrogens is 246 g/mol. The Kier molecular flexibility index (Phi) is 21.2. The SMILES string of the molecule is C=C(CC)C(N)=O.C=CC(=O)O.C=CCOCC=C. The van der Waals surface area contributed by atoms with Crippen LogP contribution in [0.1, 0.15) is 13.3 Å². The molecule has 0 atom stereocenters. The van der Waals surface area contributed by atoms with Crippen LogP contribution in [0.2, 0.25) is 0 Å². The number of hydrogen-bond acceptors (Lipinski definition) is 3. The maximum Gasteiger partial charge on any atom is 0.327 e. The van der Waals surface area contributed by atoms with E-state index in [4.69, 9.17) is 15.6 Å². The molecule has 5 nitrogen and oxygen atoms in total. The number of rotatable bonds is 7. The van der Waals surface area contributed by atoms with Crippen LogP contribution in [0.15, 0.2) is 50.1 Å². The monoisotopic (exact) mass is 269 g/mol. The molecule has 0 unspecified atom stereocenters. The summed E-state index contributed by atoms with van der Waals surface area (Å²) < 4.78 is 4.90. The third-order valence-electron chi connectivity index (χ3n) is 1.42. The molecule has 0 aliphatic carbocycles. The number of carboxylic acid groups (broad SMARTS) is 1. The lowest BCUT2D eigenvalue weighted by Gasteiger charge is -1.89. The molecule has 5 heteroatoms. The van der Waals surface area contributed by atoms with Crippen LogP contribution in [-0.2, 0) is 14.3 Å². The Morgan fingerprint density at radius 1 is 1.21 bits per heavy atom. The normalized spacial score (nSPS) is 7.63. The van der Waals surface area contributed by atoms with Crippen LogP contribution in [0, 0.1) is 0 Å². The predicted octanol–water partition coefficient (Wildman–Crippen LogP) is 2.07. The largest absolute Gasteiger partial charge is 0.478 e. The number of amides is 1. The molecule has 0 saturated heterocycles. The number of primary amides is 1. The van der Waals surface area contributed by atoms with Gasteiger partial charge in [0, 0.05) is 11.6 Å². The van der Waals surface area contributed by atoms with Crippen molar-refractivity contribution in [2.75, 3.05) is 13.2 Å². The molecule has 0 rings (SSSR count). The first-order valence-corrected chi connectivity index (χ1v) is 5.49. The lowest BCUT2D eigenvalue weighted by atomic mass is 10.2. The van der Waals surface area contributed by atoms with Crippen LogP contribution in [-0.4, -0.2) is 30.2 Å². The molecular formula is C14H23NO4. The quantitative estimate of drug-likeness (QED) is 0.420. The van der Waals surface area contributed by atoms with E-state index >= 15 is 0 Å². The van der Waals surface area contributed by atoms with E-state index in [0.717, 1.165) is 6.08 Å². The minimum absolute atomic E-state index is 0.400. The number of carbonyl (C=O) groups is 2. The third-order valence-corrected chi connectivity index (χ3v) is 1.42. The average Bonchev–Trinajstić information content (AvgIpc) is 2.39. The molecule has 108 valence electrons. The van der Waals surface area contributed by atoms with Crippen LogP contribution in [0.25, 0.3) is 0 Å². The Morgan fingerprint density at radius 2 is 1.58 bits per heavy atom. The number of carboxylic acids is 1. The van der Waals surface area contributed by atoms with Crippen molar-refractivity contribution in [2.24, 2.45) is 5.73 Å². The topological polar surface area (TPSA) is 89.6 Å². The van der Waals surface area contributed by atoms with Crippen molar-refractivity contribution in [2.45, 2.75) is 13.3 Å². The second-order valence-corrected chi connectivity index (χ2v) is 2.98. The number of ether oxygens (including phenoxy) is 1. The summed E-state index contributed by atoms with van der Waals surface area (Å²) in [7, 11) is 0. The zero-order valence-electron chi connectivity index (χ0n) is 11.4. The molecule has 0 fully saturated rings. The summed E-state index contributed by atoms with van der Waals surface area (Å²) >= 11 is 0. The van der Waals surface area contributed by atoms with Crippen molar-refractivity contribution in [3.05, 3.63) is 50.1 Å². The fourth-order valence-corrected chi connectivity index (χ4v) is 0.409. The molecule has 0 bridgehead atoms. The van der Waals surface area contributed by atoms with Gasteiger partial charge in [0.2, 0.25) is 5.91 Å². The lowest BCUT2D eigenvalue weighted by molar-refractivity contribution is -0.131. The smallest absolute Gasteiger partial charge is 0.327 e. The zero-order valence-corrected chi connectivity index (χ0v) is 11.4. The highest BCUT2D eigenvalue weighted by Crippen LogP contribution is 1.91. The van der Waals surface area contributed by atoms with E-state index in [1.807, 2.05) is 6.92 Å². The van der Waals surface area contributed by atoms with Gasteiger partial charge < -0.3 is 15.6 Å². The van der Waals surface area contributed by atoms with E-state index < -0.39 is 11.9 Å². The van der Waals surface area contributed by atoms with E-state index in [9.17, 15) is 9.59 Å². The molecule has 0 saturated carbocycles. The average molecular weight is 269 g/mol. The molecule has 0 aliphatic heterocycles. The lowest BCUT2D eigenvalue weighted by Crippen LogP contribution is -2.11. The van der Waals surface area contributed by atoms with Gasteiger partial charge in [0.05, 0.1) is 13.2 Å². The van der Waals surface area contributed by atoms with Gasteiger partial charge in [0.15, 0.2) is 0 Å². The molecule has 0 aromatic carbocycles. The number of nitrogens with two attached hydrogens (primary N) is 1. The molecule has 3 N–H and O–H groups in total. The molecule has 0 aromatic heterocycles. The minimum Gasteiger partial charge on any atom is -0.478 e. The van der Waals surface area contributed by atoms with Gasteiger partial charge in [-0.05, 0) is 6.42 Å². The summed E-state index contributed by atoms with van der Waals surface area (Å²) in [6.45, 7) is 16.4. The van der Waals surface area contributed by atoms with Crippen LogP contribution >= 0.6 is 0 Å². The van der Waals surface area contributed by atoms with Crippen LogP contribution < -0.4 is 5.73 Å². The standard InChI is InChI=1S/C6H10O.C5H9NO.C3H4O2/c1-3-5-7-6-4-2;1-3-4(2)5(6)7;1-2-3(4)5/h3-4H,1-2,5-6H2;2-3H2,1H3,(H2,6,7);2H,1H2,(H,4,5). The van der Waals surface area contributed by atoms with Crippen LogP contribution in [0.5, 0.6) is 0 Å². The zero-order chi connectivity index (χ0) is 15.7. The highest BCUT2D eigenvalue weighted by Gasteiger charge is 1.93. The van der Waals surface area contributed by atoms with Crippen molar-refractivity contribution >= 4 is 11.9 Å². The molecule has 0 heterocycles. The fourth-order valence-electron chi connectivity index (χ4n) is 0.409. The Bertz CT molecular complexity index is 301. The molecule has 0 spiro atoms. The summed E-state index contributed by atoms with van der Waals surface area (Å²) in [6, 6.07) is 0. The van der Waals surface area contributed by atoms with E-state index in [1.165, 1.54) is 0 Å². The van der Waals surface area contributed by atoms with Gasteiger partial charge in [-0.2, -0.15) is 0 Å². The second-order valence-electron chi connectivity index (χ2n) is 2.98. The molecule has 0 aromatic rings. The van der Waals surface area contributed by atoms with Crippen molar-refractivity contribution < 1.29 is 19.4 Å². The van der Waals surface area contributed by atoms with Crippen molar-refractivity contribution in [1.29, 1.82) is 0 Å². The maximum absolute atomic E-state index is 10.1. The predicted molar refractivity (Wildman–Crippen MR) is 77.7 cm³/mol. The van der Waals surface area contributed by atoms with E-state index in [0.29, 0.717) is 25.2 Å². The Labute approximate surface area is 114 Å². The van der Waals surface area contributed by atoms with Gasteiger partial charge in [-0.1, -0.05) is 32.2 Å². The van der Waals surface area contributed by atoms with Crippen molar-refractivity contribution in [1.82, 2.24) is 0 Å². The number of aliphatic carboxylic acids is 1. The van der Waals surface area contributed by atoms with Gasteiger partial charge in [-0.25, -0.2) is 4.79 Å². The van der Waals surface area contributed by atoms with Gasteiger partial charge in [-0.15, -0.1) is 13.2 Å². The van der Waals surface area contributed by atoms with E-state index in [-0.39, 0.29) is 0 Å².